The lowest BCUT2D eigenvalue weighted by atomic mass is 9.91. The van der Waals surface area contributed by atoms with Crippen LogP contribution in [0.2, 0.25) is 0 Å². The number of Topliss-reactive ketones (excluding diaryl/α,β-unsaturated/α-hetero) is 1. The second kappa shape index (κ2) is 7.03. The van der Waals surface area contributed by atoms with Crippen molar-refractivity contribution in [2.24, 2.45) is 5.41 Å². The second-order valence-corrected chi connectivity index (χ2v) is 6.80. The topological polar surface area (TPSA) is 124 Å². The molecule has 9 heteroatoms. The molecule has 1 aromatic carbocycles. The molecule has 0 bridgehead atoms. The van der Waals surface area contributed by atoms with Gasteiger partial charge in [-0.25, -0.2) is 0 Å². The van der Waals surface area contributed by atoms with E-state index in [0.717, 1.165) is 11.0 Å². The molecule has 1 aliphatic heterocycles. The number of fused-ring (bicyclic) bond motifs is 1. The van der Waals surface area contributed by atoms with Crippen LogP contribution in [0.3, 0.4) is 0 Å². The third-order valence-corrected chi connectivity index (χ3v) is 3.91. The molecule has 2 rings (SSSR count). The van der Waals surface area contributed by atoms with Gasteiger partial charge in [0.1, 0.15) is 5.56 Å². The average Bonchev–Trinajstić information content (AvgIpc) is 2.81. The van der Waals surface area contributed by atoms with Crippen LogP contribution in [-0.2, 0) is 14.3 Å². The van der Waals surface area contributed by atoms with Gasteiger partial charge in [-0.1, -0.05) is 26.8 Å². The molecule has 0 radical (unpaired) electrons. The van der Waals surface area contributed by atoms with Crippen LogP contribution in [0.15, 0.2) is 18.2 Å². The Morgan fingerprint density at radius 2 is 1.85 bits per heavy atom. The summed E-state index contributed by atoms with van der Waals surface area (Å²) in [4.78, 5) is 59.2. The van der Waals surface area contributed by atoms with E-state index in [0.29, 0.717) is 0 Å². The van der Waals surface area contributed by atoms with Crippen LogP contribution < -0.4 is 0 Å². The molecule has 1 aromatic rings. The molecular weight excluding hydrogens is 344 g/mol. The minimum absolute atomic E-state index is 0.0690. The molecule has 26 heavy (non-hydrogen) atoms. The molecule has 0 unspecified atom stereocenters. The van der Waals surface area contributed by atoms with Crippen LogP contribution in [0.5, 0.6) is 0 Å². The first-order valence-electron chi connectivity index (χ1n) is 7.86. The van der Waals surface area contributed by atoms with Gasteiger partial charge in [0.25, 0.3) is 17.5 Å². The molecular formula is C17H18N2O7. The third kappa shape index (κ3) is 3.76. The maximum atomic E-state index is 12.3. The number of nitro benzene ring substituents is 1. The number of ether oxygens (including phenoxy) is 1. The molecule has 0 atom stereocenters. The molecule has 0 saturated carbocycles. The van der Waals surface area contributed by atoms with Gasteiger partial charge in [0.2, 0.25) is 0 Å². The Hall–Kier alpha value is -3.10. The molecule has 0 aromatic heterocycles. The van der Waals surface area contributed by atoms with E-state index < -0.39 is 40.4 Å². The van der Waals surface area contributed by atoms with Crippen LogP contribution in [0.1, 0.15) is 47.9 Å². The lowest BCUT2D eigenvalue weighted by Gasteiger charge is -2.17. The van der Waals surface area contributed by atoms with E-state index in [2.05, 4.69) is 0 Å². The van der Waals surface area contributed by atoms with Crippen LogP contribution >= 0.6 is 0 Å². The van der Waals surface area contributed by atoms with Crippen molar-refractivity contribution in [2.45, 2.75) is 27.2 Å². The number of benzene rings is 1. The van der Waals surface area contributed by atoms with Crippen molar-refractivity contribution < 1.29 is 28.8 Å². The number of nitrogens with zero attached hydrogens (tertiary/aromatic N) is 2. The molecule has 1 aliphatic rings. The molecule has 0 fully saturated rings. The van der Waals surface area contributed by atoms with Gasteiger partial charge >= 0.3 is 5.97 Å². The summed E-state index contributed by atoms with van der Waals surface area (Å²) in [5.74, 6) is -2.53. The van der Waals surface area contributed by atoms with Gasteiger partial charge in [-0.2, -0.15) is 0 Å². The van der Waals surface area contributed by atoms with E-state index in [4.69, 9.17) is 4.74 Å². The van der Waals surface area contributed by atoms with Crippen molar-refractivity contribution in [2.75, 3.05) is 13.2 Å². The molecule has 9 nitrogen and oxygen atoms in total. The molecule has 138 valence electrons. The fraction of sp³-hybridized carbons (Fsp3) is 0.412. The smallest absolute Gasteiger partial charge is 0.308 e. The minimum Gasteiger partial charge on any atom is -0.458 e. The first-order valence-corrected chi connectivity index (χ1v) is 7.86. The highest BCUT2D eigenvalue weighted by Crippen LogP contribution is 2.30. The van der Waals surface area contributed by atoms with Gasteiger partial charge in [0, 0.05) is 18.0 Å². The highest BCUT2D eigenvalue weighted by Gasteiger charge is 2.40. The van der Waals surface area contributed by atoms with E-state index in [1.165, 1.54) is 12.1 Å². The second-order valence-electron chi connectivity index (χ2n) is 6.80. The Morgan fingerprint density at radius 1 is 1.19 bits per heavy atom. The standard InChI is InChI=1S/C17H18N2O7/c1-17(2,3)12(20)9-26-13(21)7-8-18-15(22)10-5-4-6-11(19(24)25)14(10)16(18)23/h4-6H,7-9H2,1-3H3. The van der Waals surface area contributed by atoms with Crippen LogP contribution in [0.25, 0.3) is 0 Å². The SMILES string of the molecule is CC(C)(C)C(=O)COC(=O)CCN1C(=O)c2cccc([N+](=O)[O-])c2C1=O. The van der Waals surface area contributed by atoms with Gasteiger partial charge in [-0.15, -0.1) is 0 Å². The van der Waals surface area contributed by atoms with Gasteiger partial charge in [-0.3, -0.25) is 34.2 Å². The minimum atomic E-state index is -0.823. The van der Waals surface area contributed by atoms with Gasteiger partial charge in [0.05, 0.1) is 16.9 Å². The van der Waals surface area contributed by atoms with Crippen molar-refractivity contribution in [3.05, 3.63) is 39.4 Å². The number of rotatable bonds is 6. The summed E-state index contributed by atoms with van der Waals surface area (Å²) in [5, 5.41) is 11.0. The largest absolute Gasteiger partial charge is 0.458 e. The fourth-order valence-electron chi connectivity index (χ4n) is 2.31. The summed E-state index contributed by atoms with van der Waals surface area (Å²) in [7, 11) is 0. The Kier molecular flexibility index (Phi) is 5.20. The third-order valence-electron chi connectivity index (χ3n) is 3.91. The first-order chi connectivity index (χ1) is 12.0. The van der Waals surface area contributed by atoms with Crippen molar-refractivity contribution in [3.63, 3.8) is 0 Å². The summed E-state index contributed by atoms with van der Waals surface area (Å²) < 4.78 is 4.85. The lowest BCUT2D eigenvalue weighted by Crippen LogP contribution is -2.33. The summed E-state index contributed by atoms with van der Waals surface area (Å²) in [6.07, 6.45) is -0.309. The van der Waals surface area contributed by atoms with E-state index in [9.17, 15) is 29.3 Å². The summed E-state index contributed by atoms with van der Waals surface area (Å²) in [6.45, 7) is 4.39. The van der Waals surface area contributed by atoms with Gasteiger partial charge < -0.3 is 4.74 Å². The van der Waals surface area contributed by atoms with E-state index in [-0.39, 0.29) is 29.9 Å². The predicted octanol–water partition coefficient (Wildman–Crippen LogP) is 1.74. The van der Waals surface area contributed by atoms with E-state index in [1.54, 1.807) is 20.8 Å². The number of imide groups is 1. The summed E-state index contributed by atoms with van der Waals surface area (Å²) >= 11 is 0. The molecule has 1 heterocycles. The summed E-state index contributed by atoms with van der Waals surface area (Å²) in [6, 6.07) is 3.78. The monoisotopic (exact) mass is 362 g/mol. The Balaban J connectivity index is 2.01. The highest BCUT2D eigenvalue weighted by atomic mass is 16.6. The van der Waals surface area contributed by atoms with E-state index >= 15 is 0 Å². The lowest BCUT2D eigenvalue weighted by molar-refractivity contribution is -0.385. The Bertz CT molecular complexity index is 808. The maximum absolute atomic E-state index is 12.3. The Labute approximate surface area is 149 Å². The summed E-state index contributed by atoms with van der Waals surface area (Å²) in [5.41, 5.74) is -1.46. The zero-order valence-corrected chi connectivity index (χ0v) is 14.6. The van der Waals surface area contributed by atoms with Crippen LogP contribution in [0, 0.1) is 15.5 Å². The molecule has 0 N–H and O–H groups in total. The van der Waals surface area contributed by atoms with Crippen LogP contribution in [0.4, 0.5) is 5.69 Å². The number of ketones is 1. The van der Waals surface area contributed by atoms with Crippen molar-refractivity contribution in [1.29, 1.82) is 0 Å². The van der Waals surface area contributed by atoms with Crippen molar-refractivity contribution in [1.82, 2.24) is 4.90 Å². The Morgan fingerprint density at radius 3 is 2.42 bits per heavy atom. The molecule has 0 aliphatic carbocycles. The highest BCUT2D eigenvalue weighted by molar-refractivity contribution is 6.23. The van der Waals surface area contributed by atoms with Gasteiger partial charge in [0.15, 0.2) is 12.4 Å². The molecule has 0 saturated heterocycles. The average molecular weight is 362 g/mol. The van der Waals surface area contributed by atoms with Crippen molar-refractivity contribution >= 4 is 29.3 Å². The number of nitro groups is 1. The number of esters is 1. The first kappa shape index (κ1) is 19.2. The zero-order chi connectivity index (χ0) is 19.6. The normalized spacial score (nSPS) is 13.6. The number of amides is 2. The van der Waals surface area contributed by atoms with Gasteiger partial charge in [-0.05, 0) is 6.07 Å². The fourth-order valence-corrected chi connectivity index (χ4v) is 2.31. The molecule has 0 spiro atoms. The van der Waals surface area contributed by atoms with E-state index in [1.807, 2.05) is 0 Å². The van der Waals surface area contributed by atoms with Crippen molar-refractivity contribution in [3.8, 4) is 0 Å². The number of carbonyl (C=O) groups is 4. The quantitative estimate of drug-likeness (QED) is 0.327. The zero-order valence-electron chi connectivity index (χ0n) is 14.6. The number of hydrogen-bond acceptors (Lipinski definition) is 7. The number of hydrogen-bond donors (Lipinski definition) is 0. The predicted molar refractivity (Wildman–Crippen MR) is 88.5 cm³/mol. The maximum Gasteiger partial charge on any atom is 0.308 e. The number of carbonyl (C=O) groups excluding carboxylic acids is 4. The van der Waals surface area contributed by atoms with Crippen LogP contribution in [-0.4, -0.2) is 46.5 Å². The molecule has 2 amide bonds.